The number of anilines is 2. The summed E-state index contributed by atoms with van der Waals surface area (Å²) in [6.07, 6.45) is 0. The van der Waals surface area contributed by atoms with Gasteiger partial charge in [-0.15, -0.1) is 11.3 Å². The average Bonchev–Trinajstić information content (AvgIpc) is 2.76. The van der Waals surface area contributed by atoms with Crippen LogP contribution < -0.4 is 10.2 Å². The minimum Gasteiger partial charge on any atom is -0.388 e. The van der Waals surface area contributed by atoms with E-state index in [0.717, 1.165) is 12.2 Å². The van der Waals surface area contributed by atoms with Crippen molar-refractivity contribution in [1.82, 2.24) is 0 Å². The minimum absolute atomic E-state index is 0.950. The molecule has 1 N–H and O–H groups in total. The molecule has 1 heterocycles. The highest BCUT2D eigenvalue weighted by Gasteiger charge is 2.06. The molecular weight excluding hydrogens is 228 g/mol. The third-order valence-electron chi connectivity index (χ3n) is 2.84. The summed E-state index contributed by atoms with van der Waals surface area (Å²) in [7, 11) is 4.08. The van der Waals surface area contributed by atoms with E-state index in [1.807, 2.05) is 7.05 Å². The number of nitrogens with zero attached hydrogens (tertiary/aromatic N) is 1. The molecule has 2 nitrogen and oxygen atoms in total. The zero-order chi connectivity index (χ0) is 12.3. The lowest BCUT2D eigenvalue weighted by Gasteiger charge is -2.18. The smallest absolute Gasteiger partial charge is 0.0938 e. The third kappa shape index (κ3) is 2.80. The topological polar surface area (TPSA) is 15.3 Å². The van der Waals surface area contributed by atoms with Gasteiger partial charge in [0.05, 0.1) is 5.00 Å². The predicted octanol–water partition coefficient (Wildman–Crippen LogP) is 3.73. The van der Waals surface area contributed by atoms with Crippen LogP contribution >= 0.6 is 11.3 Å². The van der Waals surface area contributed by atoms with Crippen LogP contribution in [0.3, 0.4) is 0 Å². The van der Waals surface area contributed by atoms with Crippen molar-refractivity contribution in [2.75, 3.05) is 24.3 Å². The highest BCUT2D eigenvalue weighted by molar-refractivity contribution is 7.14. The second-order valence-electron chi connectivity index (χ2n) is 4.21. The van der Waals surface area contributed by atoms with Crippen LogP contribution in [0.15, 0.2) is 35.7 Å². The van der Waals surface area contributed by atoms with E-state index in [1.165, 1.54) is 16.1 Å². The number of aryl methyl sites for hydroxylation is 1. The van der Waals surface area contributed by atoms with Crippen LogP contribution in [-0.4, -0.2) is 14.1 Å². The Morgan fingerprint density at radius 1 is 1.18 bits per heavy atom. The Morgan fingerprint density at radius 2 is 1.88 bits per heavy atom. The molecule has 0 atom stereocenters. The fourth-order valence-electron chi connectivity index (χ4n) is 1.88. The molecule has 0 aliphatic heterocycles. The molecule has 90 valence electrons. The molecule has 3 heteroatoms. The van der Waals surface area contributed by atoms with Gasteiger partial charge in [-0.2, -0.15) is 0 Å². The Balaban J connectivity index is 2.07. The Bertz CT molecular complexity index is 473. The van der Waals surface area contributed by atoms with Crippen LogP contribution in [0.25, 0.3) is 0 Å². The van der Waals surface area contributed by atoms with Gasteiger partial charge >= 0.3 is 0 Å². The summed E-state index contributed by atoms with van der Waals surface area (Å²) in [6.45, 7) is 3.11. The van der Waals surface area contributed by atoms with Crippen molar-refractivity contribution in [3.63, 3.8) is 0 Å². The number of hydrogen-bond acceptors (Lipinski definition) is 3. The summed E-state index contributed by atoms with van der Waals surface area (Å²) >= 11 is 1.80. The van der Waals surface area contributed by atoms with Gasteiger partial charge in [0.15, 0.2) is 0 Å². The molecule has 0 aliphatic rings. The van der Waals surface area contributed by atoms with Crippen molar-refractivity contribution >= 4 is 22.0 Å². The Morgan fingerprint density at radius 3 is 2.41 bits per heavy atom. The van der Waals surface area contributed by atoms with Crippen LogP contribution in [-0.2, 0) is 6.54 Å². The standard InChI is InChI=1S/C14H18N2S/c1-11-8-9-17-14(11)16(3)10-12-4-6-13(15-2)7-5-12/h4-9,15H,10H2,1-3H3. The van der Waals surface area contributed by atoms with Crippen molar-refractivity contribution in [3.8, 4) is 0 Å². The molecule has 0 aliphatic carbocycles. The Labute approximate surface area is 107 Å². The lowest BCUT2D eigenvalue weighted by molar-refractivity contribution is 0.930. The minimum atomic E-state index is 0.950. The molecule has 0 bridgehead atoms. The summed E-state index contributed by atoms with van der Waals surface area (Å²) in [5.41, 5.74) is 3.84. The fourth-order valence-corrected chi connectivity index (χ4v) is 2.78. The van der Waals surface area contributed by atoms with E-state index in [-0.39, 0.29) is 0 Å². The first-order valence-corrected chi connectivity index (χ1v) is 6.60. The van der Waals surface area contributed by atoms with Crippen molar-refractivity contribution in [3.05, 3.63) is 46.8 Å². The van der Waals surface area contributed by atoms with Gasteiger partial charge in [0.25, 0.3) is 0 Å². The fraction of sp³-hybridized carbons (Fsp3) is 0.286. The van der Waals surface area contributed by atoms with Crippen molar-refractivity contribution in [2.45, 2.75) is 13.5 Å². The number of hydrogen-bond donors (Lipinski definition) is 1. The third-order valence-corrected chi connectivity index (χ3v) is 3.97. The number of benzene rings is 1. The van der Waals surface area contributed by atoms with Crippen molar-refractivity contribution in [1.29, 1.82) is 0 Å². The Hall–Kier alpha value is -1.48. The lowest BCUT2D eigenvalue weighted by atomic mass is 10.2. The summed E-state index contributed by atoms with van der Waals surface area (Å²) < 4.78 is 0. The van der Waals surface area contributed by atoms with Gasteiger partial charge in [-0.3, -0.25) is 0 Å². The molecule has 0 unspecified atom stereocenters. The predicted molar refractivity (Wildman–Crippen MR) is 77.2 cm³/mol. The van der Waals surface area contributed by atoms with Gasteiger partial charge in [-0.25, -0.2) is 0 Å². The molecule has 0 saturated heterocycles. The maximum absolute atomic E-state index is 3.13. The molecule has 2 aromatic rings. The number of thiophene rings is 1. The first-order valence-electron chi connectivity index (χ1n) is 5.72. The lowest BCUT2D eigenvalue weighted by Crippen LogP contribution is -2.15. The molecule has 0 amide bonds. The van der Waals surface area contributed by atoms with Crippen LogP contribution in [0.4, 0.5) is 10.7 Å². The van der Waals surface area contributed by atoms with Crippen LogP contribution in [0, 0.1) is 6.92 Å². The zero-order valence-corrected chi connectivity index (χ0v) is 11.3. The van der Waals surface area contributed by atoms with Crippen LogP contribution in [0.2, 0.25) is 0 Å². The number of nitrogens with one attached hydrogen (secondary N) is 1. The van der Waals surface area contributed by atoms with Crippen LogP contribution in [0.1, 0.15) is 11.1 Å². The summed E-state index contributed by atoms with van der Waals surface area (Å²) in [5.74, 6) is 0. The second-order valence-corrected chi connectivity index (χ2v) is 5.11. The quantitative estimate of drug-likeness (QED) is 0.884. The highest BCUT2D eigenvalue weighted by atomic mass is 32.1. The second kappa shape index (κ2) is 5.23. The van der Waals surface area contributed by atoms with E-state index < -0.39 is 0 Å². The van der Waals surface area contributed by atoms with E-state index in [1.54, 1.807) is 11.3 Å². The van der Waals surface area contributed by atoms with Crippen molar-refractivity contribution in [2.24, 2.45) is 0 Å². The first-order chi connectivity index (χ1) is 8.20. The van der Waals surface area contributed by atoms with Crippen LogP contribution in [0.5, 0.6) is 0 Å². The monoisotopic (exact) mass is 246 g/mol. The molecule has 1 aromatic carbocycles. The van der Waals surface area contributed by atoms with Gasteiger partial charge in [0, 0.05) is 26.3 Å². The van der Waals surface area contributed by atoms with E-state index >= 15 is 0 Å². The molecule has 2 rings (SSSR count). The summed E-state index contributed by atoms with van der Waals surface area (Å²) in [5, 5.41) is 6.63. The maximum Gasteiger partial charge on any atom is 0.0938 e. The first kappa shape index (κ1) is 12.0. The van der Waals surface area contributed by atoms with Gasteiger partial charge in [-0.1, -0.05) is 12.1 Å². The SMILES string of the molecule is CNc1ccc(CN(C)c2sccc2C)cc1. The average molecular weight is 246 g/mol. The molecule has 0 spiro atoms. The van der Waals surface area contributed by atoms with E-state index in [9.17, 15) is 0 Å². The Kier molecular flexibility index (Phi) is 3.69. The summed E-state index contributed by atoms with van der Waals surface area (Å²) in [6, 6.07) is 10.7. The zero-order valence-electron chi connectivity index (χ0n) is 10.5. The molecule has 0 fully saturated rings. The van der Waals surface area contributed by atoms with E-state index in [2.05, 4.69) is 59.9 Å². The molecule has 1 aromatic heterocycles. The highest BCUT2D eigenvalue weighted by Crippen LogP contribution is 2.27. The molecule has 0 radical (unpaired) electrons. The molecule has 0 saturated carbocycles. The van der Waals surface area contributed by atoms with Gasteiger partial charge in [0.1, 0.15) is 0 Å². The normalized spacial score (nSPS) is 10.3. The maximum atomic E-state index is 3.13. The number of rotatable bonds is 4. The van der Waals surface area contributed by atoms with Crippen molar-refractivity contribution < 1.29 is 0 Å². The van der Waals surface area contributed by atoms with Gasteiger partial charge in [0.2, 0.25) is 0 Å². The molecular formula is C14H18N2S. The van der Waals surface area contributed by atoms with E-state index in [4.69, 9.17) is 0 Å². The molecule has 17 heavy (non-hydrogen) atoms. The van der Waals surface area contributed by atoms with Gasteiger partial charge < -0.3 is 10.2 Å². The van der Waals surface area contributed by atoms with Gasteiger partial charge in [-0.05, 0) is 41.6 Å². The van der Waals surface area contributed by atoms with E-state index in [0.29, 0.717) is 0 Å². The largest absolute Gasteiger partial charge is 0.388 e. The summed E-state index contributed by atoms with van der Waals surface area (Å²) in [4.78, 5) is 2.30.